The van der Waals surface area contributed by atoms with Crippen LogP contribution in [0.5, 0.6) is 5.75 Å². The normalized spacial score (nSPS) is 16.1. The Bertz CT molecular complexity index is 1110. The number of para-hydroxylation sites is 1. The van der Waals surface area contributed by atoms with E-state index in [0.29, 0.717) is 17.5 Å². The van der Waals surface area contributed by atoms with Crippen LogP contribution in [0.15, 0.2) is 66.3 Å². The Kier molecular flexibility index (Phi) is 6.95. The fraction of sp³-hybridized carbons (Fsp3) is 0.320. The highest BCUT2D eigenvalue weighted by Gasteiger charge is 2.26. The standard InChI is InChI=1S/C25H28N4O2S/c1-4-16-29-23(20-13-7-8-15-22(20)31-3)27-28-25(29)32-17(2)24(30)26-21-14-9-11-18-10-5-6-12-19(18)21/h4-8,10,12-13,15,17,21H,1,9,11,14,16H2,2-3H3,(H,26,30)/t17-,21-/m0/s1. The summed E-state index contributed by atoms with van der Waals surface area (Å²) in [5.74, 6) is 1.42. The number of thioether (sulfide) groups is 1. The molecule has 32 heavy (non-hydrogen) atoms. The van der Waals surface area contributed by atoms with Crippen LogP contribution < -0.4 is 10.1 Å². The van der Waals surface area contributed by atoms with Crippen molar-refractivity contribution in [3.8, 4) is 17.1 Å². The number of allylic oxidation sites excluding steroid dienone is 1. The molecule has 0 spiro atoms. The molecule has 4 rings (SSSR count). The molecule has 3 aromatic rings. The second-order valence-corrected chi connectivity index (χ2v) is 9.13. The minimum absolute atomic E-state index is 0.00342. The molecule has 0 aliphatic heterocycles. The van der Waals surface area contributed by atoms with Gasteiger partial charge in [-0.25, -0.2) is 0 Å². The number of rotatable bonds is 8. The van der Waals surface area contributed by atoms with Crippen LogP contribution in [-0.2, 0) is 17.8 Å². The zero-order chi connectivity index (χ0) is 22.5. The summed E-state index contributed by atoms with van der Waals surface area (Å²) in [6, 6.07) is 16.1. The molecule has 1 N–H and O–H groups in total. The molecule has 1 aromatic heterocycles. The van der Waals surface area contributed by atoms with E-state index in [-0.39, 0.29) is 17.2 Å². The maximum absolute atomic E-state index is 13.0. The van der Waals surface area contributed by atoms with E-state index in [1.54, 1.807) is 13.2 Å². The van der Waals surface area contributed by atoms with Gasteiger partial charge in [-0.05, 0) is 49.4 Å². The summed E-state index contributed by atoms with van der Waals surface area (Å²) in [5, 5.41) is 12.4. The zero-order valence-electron chi connectivity index (χ0n) is 18.5. The molecule has 2 aromatic carbocycles. The predicted octanol–water partition coefficient (Wildman–Crippen LogP) is 4.81. The van der Waals surface area contributed by atoms with Gasteiger partial charge in [0.25, 0.3) is 0 Å². The lowest BCUT2D eigenvalue weighted by molar-refractivity contribution is -0.121. The van der Waals surface area contributed by atoms with Crippen molar-refractivity contribution >= 4 is 17.7 Å². The molecule has 2 atom stereocenters. The van der Waals surface area contributed by atoms with E-state index >= 15 is 0 Å². The van der Waals surface area contributed by atoms with Crippen molar-refractivity contribution in [3.63, 3.8) is 0 Å². The van der Waals surface area contributed by atoms with E-state index in [4.69, 9.17) is 4.74 Å². The molecule has 0 saturated carbocycles. The predicted molar refractivity (Wildman–Crippen MR) is 128 cm³/mol. The summed E-state index contributed by atoms with van der Waals surface area (Å²) in [7, 11) is 1.64. The lowest BCUT2D eigenvalue weighted by atomic mass is 9.88. The van der Waals surface area contributed by atoms with Crippen LogP contribution in [0.4, 0.5) is 0 Å². The Labute approximate surface area is 193 Å². The fourth-order valence-corrected chi connectivity index (χ4v) is 4.97. The van der Waals surface area contributed by atoms with E-state index in [0.717, 1.165) is 30.6 Å². The van der Waals surface area contributed by atoms with Crippen LogP contribution in [0, 0.1) is 0 Å². The molecule has 1 amide bonds. The highest BCUT2D eigenvalue weighted by atomic mass is 32.2. The Morgan fingerprint density at radius 1 is 1.28 bits per heavy atom. The molecule has 1 aliphatic rings. The van der Waals surface area contributed by atoms with E-state index in [1.165, 1.54) is 22.9 Å². The molecule has 6 nitrogen and oxygen atoms in total. The number of methoxy groups -OCH3 is 1. The molecule has 0 fully saturated rings. The van der Waals surface area contributed by atoms with E-state index in [9.17, 15) is 4.79 Å². The minimum Gasteiger partial charge on any atom is -0.496 e. The number of ether oxygens (including phenoxy) is 1. The fourth-order valence-electron chi connectivity index (χ4n) is 4.10. The van der Waals surface area contributed by atoms with Crippen molar-refractivity contribution in [2.45, 2.75) is 49.2 Å². The molecule has 0 bridgehead atoms. The number of amides is 1. The van der Waals surface area contributed by atoms with Crippen LogP contribution in [0.25, 0.3) is 11.4 Å². The summed E-state index contributed by atoms with van der Waals surface area (Å²) in [5.41, 5.74) is 3.42. The number of nitrogens with zero attached hydrogens (tertiary/aromatic N) is 3. The maximum Gasteiger partial charge on any atom is 0.233 e. The minimum atomic E-state index is -0.317. The van der Waals surface area contributed by atoms with Crippen molar-refractivity contribution in [3.05, 3.63) is 72.3 Å². The average Bonchev–Trinajstić information content (AvgIpc) is 3.21. The molecular formula is C25H28N4O2S. The smallest absolute Gasteiger partial charge is 0.233 e. The van der Waals surface area contributed by atoms with Gasteiger partial charge in [0, 0.05) is 6.54 Å². The Hall–Kier alpha value is -3.06. The summed E-state index contributed by atoms with van der Waals surface area (Å²) in [6.07, 6.45) is 4.92. The summed E-state index contributed by atoms with van der Waals surface area (Å²) >= 11 is 1.41. The first-order chi connectivity index (χ1) is 15.6. The topological polar surface area (TPSA) is 69.0 Å². The van der Waals surface area contributed by atoms with Gasteiger partial charge in [-0.15, -0.1) is 16.8 Å². The highest BCUT2D eigenvalue weighted by Crippen LogP contribution is 2.33. The number of carbonyl (C=O) groups excluding carboxylic acids is 1. The number of aryl methyl sites for hydroxylation is 1. The number of hydrogen-bond donors (Lipinski definition) is 1. The van der Waals surface area contributed by atoms with Gasteiger partial charge in [-0.1, -0.05) is 54.2 Å². The second-order valence-electron chi connectivity index (χ2n) is 7.82. The Morgan fingerprint density at radius 2 is 2.06 bits per heavy atom. The van der Waals surface area contributed by atoms with Crippen molar-refractivity contribution in [1.29, 1.82) is 0 Å². The van der Waals surface area contributed by atoms with Gasteiger partial charge in [0.05, 0.1) is 24.0 Å². The first kappa shape index (κ1) is 22.1. The highest BCUT2D eigenvalue weighted by molar-refractivity contribution is 8.00. The van der Waals surface area contributed by atoms with Crippen molar-refractivity contribution in [2.75, 3.05) is 7.11 Å². The third-order valence-electron chi connectivity index (χ3n) is 5.71. The summed E-state index contributed by atoms with van der Waals surface area (Å²) in [4.78, 5) is 13.0. The molecule has 7 heteroatoms. The van der Waals surface area contributed by atoms with Crippen LogP contribution in [0.1, 0.15) is 36.9 Å². The number of benzene rings is 2. The summed E-state index contributed by atoms with van der Waals surface area (Å²) < 4.78 is 7.46. The molecule has 166 valence electrons. The Balaban J connectivity index is 1.52. The van der Waals surface area contributed by atoms with Gasteiger partial charge < -0.3 is 10.1 Å². The SMILES string of the molecule is C=CCn1c(S[C@@H](C)C(=O)N[C@H]2CCCc3ccccc32)nnc1-c1ccccc1OC. The van der Waals surface area contributed by atoms with Crippen LogP contribution in [0.2, 0.25) is 0 Å². The van der Waals surface area contributed by atoms with Crippen LogP contribution in [0.3, 0.4) is 0 Å². The first-order valence-electron chi connectivity index (χ1n) is 10.8. The van der Waals surface area contributed by atoms with Crippen LogP contribution in [-0.4, -0.2) is 33.0 Å². The van der Waals surface area contributed by atoms with Crippen molar-refractivity contribution in [1.82, 2.24) is 20.1 Å². The molecule has 1 heterocycles. The number of carbonyl (C=O) groups is 1. The zero-order valence-corrected chi connectivity index (χ0v) is 19.3. The molecule has 0 radical (unpaired) electrons. The van der Waals surface area contributed by atoms with Gasteiger partial charge >= 0.3 is 0 Å². The molecule has 0 saturated heterocycles. The maximum atomic E-state index is 13.0. The second kappa shape index (κ2) is 10.0. The van der Waals surface area contributed by atoms with Gasteiger partial charge in [0.1, 0.15) is 5.75 Å². The number of hydrogen-bond acceptors (Lipinski definition) is 5. The number of aromatic nitrogens is 3. The van der Waals surface area contributed by atoms with E-state index < -0.39 is 0 Å². The lowest BCUT2D eigenvalue weighted by Gasteiger charge is -2.27. The molecular weight excluding hydrogens is 420 g/mol. The van der Waals surface area contributed by atoms with E-state index in [2.05, 4.69) is 40.3 Å². The van der Waals surface area contributed by atoms with Crippen LogP contribution >= 0.6 is 11.8 Å². The molecule has 1 aliphatic carbocycles. The van der Waals surface area contributed by atoms with E-state index in [1.807, 2.05) is 41.8 Å². The number of fused-ring (bicyclic) bond motifs is 1. The van der Waals surface area contributed by atoms with Gasteiger partial charge in [-0.3, -0.25) is 9.36 Å². The summed E-state index contributed by atoms with van der Waals surface area (Å²) in [6.45, 7) is 6.31. The Morgan fingerprint density at radius 3 is 2.88 bits per heavy atom. The van der Waals surface area contributed by atoms with Crippen molar-refractivity contribution < 1.29 is 9.53 Å². The average molecular weight is 449 g/mol. The van der Waals surface area contributed by atoms with Gasteiger partial charge in [-0.2, -0.15) is 0 Å². The quantitative estimate of drug-likeness (QED) is 0.395. The lowest BCUT2D eigenvalue weighted by Crippen LogP contribution is -2.36. The number of nitrogens with one attached hydrogen (secondary N) is 1. The van der Waals surface area contributed by atoms with Crippen molar-refractivity contribution in [2.24, 2.45) is 0 Å². The van der Waals surface area contributed by atoms with Gasteiger partial charge in [0.15, 0.2) is 11.0 Å². The largest absolute Gasteiger partial charge is 0.496 e. The third-order valence-corrected chi connectivity index (χ3v) is 6.79. The van der Waals surface area contributed by atoms with Gasteiger partial charge in [0.2, 0.25) is 5.91 Å². The third kappa shape index (κ3) is 4.58. The first-order valence-corrected chi connectivity index (χ1v) is 11.7. The monoisotopic (exact) mass is 448 g/mol. The molecule has 0 unspecified atom stereocenters.